The molecule has 0 saturated carbocycles. The van der Waals surface area contributed by atoms with E-state index in [1.807, 2.05) is 0 Å². The van der Waals surface area contributed by atoms with Crippen molar-refractivity contribution in [1.29, 1.82) is 0 Å². The zero-order chi connectivity index (χ0) is 7.98. The monoisotopic (exact) mass is 200 g/mol. The Bertz CT molecular complexity index is 180. The Morgan fingerprint density at radius 1 is 1.60 bits per heavy atom. The third kappa shape index (κ3) is 3.41. The second-order valence-electron chi connectivity index (χ2n) is 1.68. The van der Waals surface area contributed by atoms with Crippen LogP contribution in [-0.4, -0.2) is 11.1 Å². The summed E-state index contributed by atoms with van der Waals surface area (Å²) in [7, 11) is 0. The van der Waals surface area contributed by atoms with Gasteiger partial charge in [-0.15, -0.1) is 0 Å². The van der Waals surface area contributed by atoms with Gasteiger partial charge in [-0.05, 0) is 0 Å². The predicted octanol–water partition coefficient (Wildman–Crippen LogP) is 2.25. The second-order valence-corrected chi connectivity index (χ2v) is 2.24. The normalized spacial score (nSPS) is 9.70. The number of carbonyl (C=O) groups excluding carboxylic acids is 1. The van der Waals surface area contributed by atoms with Crippen LogP contribution in [0.15, 0.2) is 37.0 Å². The van der Waals surface area contributed by atoms with E-state index >= 15 is 0 Å². The van der Waals surface area contributed by atoms with Gasteiger partial charge in [-0.2, -0.15) is 0 Å². The lowest BCUT2D eigenvalue weighted by atomic mass is 10.2. The average Bonchev–Trinajstić information content (AvgIpc) is 1.98. The van der Waals surface area contributed by atoms with E-state index in [1.54, 1.807) is 18.2 Å². The van der Waals surface area contributed by atoms with Gasteiger partial charge in [0.2, 0.25) is 0 Å². The maximum Gasteiger partial charge on any atom is 0.172 e. The van der Waals surface area contributed by atoms with Crippen LogP contribution in [0.4, 0.5) is 0 Å². The third-order valence-corrected chi connectivity index (χ3v) is 1.42. The summed E-state index contributed by atoms with van der Waals surface area (Å²) in [6, 6.07) is 0. The van der Waals surface area contributed by atoms with Gasteiger partial charge in [0.1, 0.15) is 0 Å². The van der Waals surface area contributed by atoms with E-state index < -0.39 is 0 Å². The zero-order valence-corrected chi connectivity index (χ0v) is 7.23. The minimum Gasteiger partial charge on any atom is -0.293 e. The molecule has 0 heterocycles. The van der Waals surface area contributed by atoms with E-state index in [1.165, 1.54) is 0 Å². The van der Waals surface area contributed by atoms with E-state index in [4.69, 9.17) is 0 Å². The summed E-state index contributed by atoms with van der Waals surface area (Å²) < 4.78 is 0. The molecule has 0 unspecified atom stereocenters. The average molecular weight is 201 g/mol. The first kappa shape index (κ1) is 9.37. The van der Waals surface area contributed by atoms with Crippen LogP contribution in [0.1, 0.15) is 0 Å². The largest absolute Gasteiger partial charge is 0.293 e. The van der Waals surface area contributed by atoms with E-state index in [2.05, 4.69) is 29.1 Å². The molecule has 0 aromatic carbocycles. The first-order valence-corrected chi connectivity index (χ1v) is 3.91. The summed E-state index contributed by atoms with van der Waals surface area (Å²) >= 11 is 3.04. The molecule has 0 rings (SSSR count). The lowest BCUT2D eigenvalue weighted by molar-refractivity contribution is -0.112. The van der Waals surface area contributed by atoms with Crippen LogP contribution in [0.3, 0.4) is 0 Å². The van der Waals surface area contributed by atoms with Crippen molar-refractivity contribution >= 4 is 21.7 Å². The second kappa shape index (κ2) is 5.18. The fourth-order valence-electron chi connectivity index (χ4n) is 0.363. The summed E-state index contributed by atoms with van der Waals surface area (Å²) in [6.45, 7) is 7.02. The van der Waals surface area contributed by atoms with Gasteiger partial charge < -0.3 is 0 Å². The Kier molecular flexibility index (Phi) is 4.85. The molecule has 54 valence electrons. The molecule has 0 radical (unpaired) electrons. The summed E-state index contributed by atoms with van der Waals surface area (Å²) in [5, 5.41) is 0.327. The van der Waals surface area contributed by atoms with Crippen LogP contribution >= 0.6 is 15.9 Å². The Hall–Kier alpha value is -0.630. The number of halogens is 1. The minimum atomic E-state index is -0.00176. The molecular weight excluding hydrogens is 192 g/mol. The van der Waals surface area contributed by atoms with Gasteiger partial charge in [-0.1, -0.05) is 47.3 Å². The molecule has 0 atom stereocenters. The number of alkyl halides is 1. The first-order chi connectivity index (χ1) is 4.72. The molecule has 0 aliphatic heterocycles. The summed E-state index contributed by atoms with van der Waals surface area (Å²) in [5.41, 5.74) is 0.497. The molecule has 2 heteroatoms. The standard InChI is InChI=1S/C8H9BrO/c1-3-4-5-7(2)8(10)6-9/h3-5H,1-2,6H2/b5-4-. The fraction of sp³-hybridized carbons (Fsp3) is 0.125. The summed E-state index contributed by atoms with van der Waals surface area (Å²) in [4.78, 5) is 10.8. The molecule has 0 spiro atoms. The van der Waals surface area contributed by atoms with Crippen molar-refractivity contribution in [3.63, 3.8) is 0 Å². The Morgan fingerprint density at radius 2 is 2.20 bits per heavy atom. The molecule has 0 N–H and O–H groups in total. The van der Waals surface area contributed by atoms with Crippen LogP contribution in [-0.2, 0) is 4.79 Å². The number of ketones is 1. The third-order valence-electron chi connectivity index (χ3n) is 0.913. The Balaban J connectivity index is 3.97. The molecule has 0 aliphatic carbocycles. The highest BCUT2D eigenvalue weighted by Gasteiger charge is 1.98. The minimum absolute atomic E-state index is 0.00176. The van der Waals surface area contributed by atoms with E-state index in [0.717, 1.165) is 0 Å². The molecular formula is C8H9BrO. The van der Waals surface area contributed by atoms with Gasteiger partial charge in [0.25, 0.3) is 0 Å². The van der Waals surface area contributed by atoms with Gasteiger partial charge in [0.15, 0.2) is 5.78 Å². The summed E-state index contributed by atoms with van der Waals surface area (Å²) in [6.07, 6.45) is 4.92. The lowest BCUT2D eigenvalue weighted by Gasteiger charge is -1.90. The van der Waals surface area contributed by atoms with Gasteiger partial charge in [-0.3, -0.25) is 4.79 Å². The number of Topliss-reactive ketones (excluding diaryl/α,β-unsaturated/α-hetero) is 1. The Morgan fingerprint density at radius 3 is 2.60 bits per heavy atom. The molecule has 0 amide bonds. The molecule has 0 fully saturated rings. The SMILES string of the molecule is C=C/C=C\C(=C)C(=O)CBr. The van der Waals surface area contributed by atoms with Crippen molar-refractivity contribution in [1.82, 2.24) is 0 Å². The highest BCUT2D eigenvalue weighted by Crippen LogP contribution is 1.97. The van der Waals surface area contributed by atoms with Crippen LogP contribution in [0.5, 0.6) is 0 Å². The summed E-state index contributed by atoms with van der Waals surface area (Å²) in [5.74, 6) is -0.00176. The smallest absolute Gasteiger partial charge is 0.172 e. The highest BCUT2D eigenvalue weighted by atomic mass is 79.9. The van der Waals surface area contributed by atoms with Gasteiger partial charge in [-0.25, -0.2) is 0 Å². The Labute approximate surface area is 69.3 Å². The van der Waals surface area contributed by atoms with Gasteiger partial charge >= 0.3 is 0 Å². The zero-order valence-electron chi connectivity index (χ0n) is 5.64. The number of hydrogen-bond donors (Lipinski definition) is 0. The van der Waals surface area contributed by atoms with Crippen molar-refractivity contribution in [2.75, 3.05) is 5.33 Å². The maximum absolute atomic E-state index is 10.8. The molecule has 0 saturated heterocycles. The number of carbonyl (C=O) groups is 1. The topological polar surface area (TPSA) is 17.1 Å². The van der Waals surface area contributed by atoms with E-state index in [-0.39, 0.29) is 5.78 Å². The van der Waals surface area contributed by atoms with E-state index in [9.17, 15) is 4.79 Å². The van der Waals surface area contributed by atoms with Crippen molar-refractivity contribution in [3.05, 3.63) is 37.0 Å². The van der Waals surface area contributed by atoms with Crippen LogP contribution in [0.25, 0.3) is 0 Å². The molecule has 10 heavy (non-hydrogen) atoms. The number of hydrogen-bond acceptors (Lipinski definition) is 1. The predicted molar refractivity (Wildman–Crippen MR) is 47.3 cm³/mol. The number of rotatable bonds is 4. The quantitative estimate of drug-likeness (QED) is 0.387. The van der Waals surface area contributed by atoms with Crippen molar-refractivity contribution in [2.45, 2.75) is 0 Å². The van der Waals surface area contributed by atoms with E-state index in [0.29, 0.717) is 10.9 Å². The van der Waals surface area contributed by atoms with Gasteiger partial charge in [0, 0.05) is 5.57 Å². The first-order valence-electron chi connectivity index (χ1n) is 2.79. The maximum atomic E-state index is 10.8. The lowest BCUT2D eigenvalue weighted by Crippen LogP contribution is -1.98. The number of allylic oxidation sites excluding steroid dienone is 4. The van der Waals surface area contributed by atoms with Crippen molar-refractivity contribution < 1.29 is 4.79 Å². The molecule has 0 aromatic rings. The van der Waals surface area contributed by atoms with Crippen LogP contribution in [0, 0.1) is 0 Å². The van der Waals surface area contributed by atoms with Crippen LogP contribution < -0.4 is 0 Å². The van der Waals surface area contributed by atoms with Crippen molar-refractivity contribution in [3.8, 4) is 0 Å². The van der Waals surface area contributed by atoms with Crippen molar-refractivity contribution in [2.24, 2.45) is 0 Å². The van der Waals surface area contributed by atoms with Gasteiger partial charge in [0.05, 0.1) is 5.33 Å². The fourth-order valence-corrected chi connectivity index (χ4v) is 0.723. The molecule has 1 nitrogen and oxygen atoms in total. The highest BCUT2D eigenvalue weighted by molar-refractivity contribution is 9.09. The molecule has 0 aromatic heterocycles. The molecule has 0 bridgehead atoms. The van der Waals surface area contributed by atoms with Crippen LogP contribution in [0.2, 0.25) is 0 Å². The molecule has 0 aliphatic rings.